The van der Waals surface area contributed by atoms with Gasteiger partial charge in [0.15, 0.2) is 0 Å². The Morgan fingerprint density at radius 2 is 1.54 bits per heavy atom. The third-order valence-corrected chi connectivity index (χ3v) is 5.27. The summed E-state index contributed by atoms with van der Waals surface area (Å²) in [6, 6.07) is 15.9. The van der Waals surface area contributed by atoms with E-state index in [2.05, 4.69) is 17.0 Å². The average molecular weight is 344 g/mol. The van der Waals surface area contributed by atoms with E-state index in [0.717, 1.165) is 17.4 Å². The monoisotopic (exact) mass is 343 g/mol. The summed E-state index contributed by atoms with van der Waals surface area (Å²) in [5.41, 5.74) is 2.72. The third-order valence-electron chi connectivity index (χ3n) is 5.02. The van der Waals surface area contributed by atoms with E-state index in [1.165, 1.54) is 56.4 Å². The Morgan fingerprint density at radius 3 is 2.21 bits per heavy atom. The molecule has 0 spiro atoms. The van der Waals surface area contributed by atoms with Crippen LogP contribution in [0.3, 0.4) is 0 Å². The van der Waals surface area contributed by atoms with Crippen LogP contribution in [0.4, 0.5) is 0 Å². The van der Waals surface area contributed by atoms with Gasteiger partial charge in [-0.1, -0.05) is 35.9 Å². The molecular weight excluding hydrogens is 318 g/mol. The van der Waals surface area contributed by atoms with Crippen LogP contribution in [0.15, 0.2) is 48.5 Å². The minimum atomic E-state index is 0.349. The quantitative estimate of drug-likeness (QED) is 0.803. The molecule has 3 rings (SSSR count). The summed E-state index contributed by atoms with van der Waals surface area (Å²) in [4.78, 5) is 2.60. The zero-order valence-corrected chi connectivity index (χ0v) is 14.9. The van der Waals surface area contributed by atoms with Gasteiger partial charge < -0.3 is 10.0 Å². The first-order valence-corrected chi connectivity index (χ1v) is 9.31. The Morgan fingerprint density at radius 1 is 0.917 bits per heavy atom. The summed E-state index contributed by atoms with van der Waals surface area (Å²) in [6.07, 6.45) is 6.04. The summed E-state index contributed by atoms with van der Waals surface area (Å²) < 4.78 is 0. The van der Waals surface area contributed by atoms with Crippen LogP contribution in [0, 0.1) is 5.92 Å². The number of nitrogens with zero attached hydrogens (tertiary/aromatic N) is 1. The fraction of sp³-hybridized carbons (Fsp3) is 0.429. The fourth-order valence-electron chi connectivity index (χ4n) is 3.54. The number of phenols is 1. The van der Waals surface area contributed by atoms with Crippen molar-refractivity contribution in [2.75, 3.05) is 19.6 Å². The van der Waals surface area contributed by atoms with Gasteiger partial charge in [-0.2, -0.15) is 0 Å². The van der Waals surface area contributed by atoms with E-state index in [1.807, 2.05) is 24.3 Å². The van der Waals surface area contributed by atoms with Crippen LogP contribution in [0.5, 0.6) is 5.75 Å². The highest BCUT2D eigenvalue weighted by Crippen LogP contribution is 2.23. The topological polar surface area (TPSA) is 23.5 Å². The number of likely N-dealkylation sites (tertiary alicyclic amines) is 1. The molecule has 0 saturated carbocycles. The third kappa shape index (κ3) is 5.25. The molecule has 3 heteroatoms. The number of halogens is 1. The Labute approximate surface area is 150 Å². The number of phenolic OH excluding ortho intramolecular Hbond substituents is 1. The molecule has 0 radical (unpaired) electrons. The lowest BCUT2D eigenvalue weighted by atomic mass is 9.90. The first-order chi connectivity index (χ1) is 11.7. The molecule has 0 bridgehead atoms. The van der Waals surface area contributed by atoms with Gasteiger partial charge in [0.25, 0.3) is 0 Å². The van der Waals surface area contributed by atoms with Crippen LogP contribution < -0.4 is 0 Å². The largest absolute Gasteiger partial charge is 0.508 e. The molecule has 1 fully saturated rings. The van der Waals surface area contributed by atoms with E-state index in [-0.39, 0.29) is 0 Å². The maximum Gasteiger partial charge on any atom is 0.115 e. The maximum atomic E-state index is 9.32. The first kappa shape index (κ1) is 17.3. The number of aryl methyl sites for hydroxylation is 1. The van der Waals surface area contributed by atoms with Crippen molar-refractivity contribution in [1.82, 2.24) is 4.90 Å². The van der Waals surface area contributed by atoms with Crippen molar-refractivity contribution in [1.29, 1.82) is 0 Å². The van der Waals surface area contributed by atoms with Gasteiger partial charge in [0.2, 0.25) is 0 Å². The molecule has 2 nitrogen and oxygen atoms in total. The first-order valence-electron chi connectivity index (χ1n) is 8.94. The van der Waals surface area contributed by atoms with E-state index in [1.54, 1.807) is 12.1 Å². The summed E-state index contributed by atoms with van der Waals surface area (Å²) in [6.45, 7) is 3.61. The lowest BCUT2D eigenvalue weighted by Gasteiger charge is -2.32. The van der Waals surface area contributed by atoms with Crippen molar-refractivity contribution >= 4 is 11.6 Å². The van der Waals surface area contributed by atoms with Crippen LogP contribution in [0.25, 0.3) is 0 Å². The second kappa shape index (κ2) is 8.55. The molecule has 0 amide bonds. The van der Waals surface area contributed by atoms with Gasteiger partial charge in [-0.3, -0.25) is 0 Å². The molecule has 24 heavy (non-hydrogen) atoms. The lowest BCUT2D eigenvalue weighted by molar-refractivity contribution is 0.182. The molecule has 1 N–H and O–H groups in total. The molecule has 2 aromatic rings. The Balaban J connectivity index is 1.36. The van der Waals surface area contributed by atoms with Gasteiger partial charge in [0.1, 0.15) is 5.75 Å². The zero-order chi connectivity index (χ0) is 16.8. The highest BCUT2D eigenvalue weighted by atomic mass is 35.5. The van der Waals surface area contributed by atoms with Gasteiger partial charge in [0.05, 0.1) is 0 Å². The summed E-state index contributed by atoms with van der Waals surface area (Å²) >= 11 is 5.95. The normalized spacial score (nSPS) is 16.4. The van der Waals surface area contributed by atoms with E-state index in [0.29, 0.717) is 5.75 Å². The molecule has 0 aromatic heterocycles. The Bertz CT molecular complexity index is 615. The maximum absolute atomic E-state index is 9.32. The fourth-order valence-corrected chi connectivity index (χ4v) is 3.66. The van der Waals surface area contributed by atoms with Gasteiger partial charge in [-0.15, -0.1) is 0 Å². The number of aromatic hydroxyl groups is 1. The van der Waals surface area contributed by atoms with Gasteiger partial charge in [0, 0.05) is 5.02 Å². The molecule has 1 heterocycles. The minimum absolute atomic E-state index is 0.349. The van der Waals surface area contributed by atoms with Crippen LogP contribution in [0.1, 0.15) is 30.4 Å². The van der Waals surface area contributed by atoms with Crippen molar-refractivity contribution in [2.24, 2.45) is 5.92 Å². The molecule has 1 aliphatic heterocycles. The van der Waals surface area contributed by atoms with Crippen molar-refractivity contribution in [3.63, 3.8) is 0 Å². The smallest absolute Gasteiger partial charge is 0.115 e. The second-order valence-electron chi connectivity index (χ2n) is 6.89. The number of hydrogen-bond acceptors (Lipinski definition) is 2. The minimum Gasteiger partial charge on any atom is -0.508 e. The molecule has 0 atom stereocenters. The van der Waals surface area contributed by atoms with Gasteiger partial charge in [-0.25, -0.2) is 0 Å². The molecule has 0 aliphatic carbocycles. The van der Waals surface area contributed by atoms with Crippen molar-refractivity contribution in [3.8, 4) is 5.75 Å². The number of piperidine rings is 1. The molecule has 0 unspecified atom stereocenters. The van der Waals surface area contributed by atoms with Crippen LogP contribution in [-0.2, 0) is 12.8 Å². The van der Waals surface area contributed by atoms with E-state index in [9.17, 15) is 5.11 Å². The summed E-state index contributed by atoms with van der Waals surface area (Å²) in [5, 5.41) is 10.1. The predicted molar refractivity (Wildman–Crippen MR) is 101 cm³/mol. The second-order valence-corrected chi connectivity index (χ2v) is 7.32. The number of rotatable bonds is 6. The Kier molecular flexibility index (Phi) is 6.17. The molecule has 2 aromatic carbocycles. The average Bonchev–Trinajstić information content (AvgIpc) is 2.60. The van der Waals surface area contributed by atoms with Crippen LogP contribution in [0.2, 0.25) is 5.02 Å². The lowest BCUT2D eigenvalue weighted by Crippen LogP contribution is -2.35. The summed E-state index contributed by atoms with van der Waals surface area (Å²) in [5.74, 6) is 1.15. The number of hydrogen-bond donors (Lipinski definition) is 1. The predicted octanol–water partition coefficient (Wildman–Crippen LogP) is 4.93. The van der Waals surface area contributed by atoms with Crippen LogP contribution in [-0.4, -0.2) is 29.6 Å². The van der Waals surface area contributed by atoms with Gasteiger partial charge >= 0.3 is 0 Å². The van der Waals surface area contributed by atoms with E-state index in [4.69, 9.17) is 11.6 Å². The van der Waals surface area contributed by atoms with E-state index >= 15 is 0 Å². The molecule has 128 valence electrons. The van der Waals surface area contributed by atoms with Crippen molar-refractivity contribution < 1.29 is 5.11 Å². The molecule has 1 saturated heterocycles. The standard InChI is InChI=1S/C21H26ClNO/c22-20-7-3-18(4-8-20)16-19-11-14-23(15-12-19)13-1-2-17-5-9-21(24)10-6-17/h3-10,19,24H,1-2,11-16H2. The molecule has 1 aliphatic rings. The number of benzene rings is 2. The van der Waals surface area contributed by atoms with E-state index < -0.39 is 0 Å². The highest BCUT2D eigenvalue weighted by molar-refractivity contribution is 6.30. The zero-order valence-electron chi connectivity index (χ0n) is 14.1. The van der Waals surface area contributed by atoms with Crippen molar-refractivity contribution in [2.45, 2.75) is 32.1 Å². The summed E-state index contributed by atoms with van der Waals surface area (Å²) in [7, 11) is 0. The highest BCUT2D eigenvalue weighted by Gasteiger charge is 2.19. The Hall–Kier alpha value is -1.51. The van der Waals surface area contributed by atoms with Crippen LogP contribution >= 0.6 is 11.6 Å². The SMILES string of the molecule is Oc1ccc(CCCN2CCC(Cc3ccc(Cl)cc3)CC2)cc1. The molecular formula is C21H26ClNO. The van der Waals surface area contributed by atoms with Gasteiger partial charge in [-0.05, 0) is 93.0 Å². The van der Waals surface area contributed by atoms with Crippen molar-refractivity contribution in [3.05, 3.63) is 64.7 Å².